The molecule has 8 nitrogen and oxygen atoms in total. The zero-order chi connectivity index (χ0) is 20.0. The third kappa shape index (κ3) is 5.77. The van der Waals surface area contributed by atoms with Gasteiger partial charge in [-0.3, -0.25) is 14.9 Å². The van der Waals surface area contributed by atoms with Crippen molar-refractivity contribution < 1.29 is 19.2 Å². The Kier molecular flexibility index (Phi) is 6.86. The fourth-order valence-corrected chi connectivity index (χ4v) is 2.37. The number of nitro benzene ring substituents is 1. The minimum Gasteiger partial charge on any atom is -0.449 e. The SMILES string of the molecule is C[C@H](OC(=O)/C=C/c1ccccc1[N+](=O)[O-])C(=O)Nc1ncc(Cl)cc1Cl. The lowest BCUT2D eigenvalue weighted by atomic mass is 10.1. The first kappa shape index (κ1) is 20.3. The molecule has 1 heterocycles. The first-order chi connectivity index (χ1) is 12.8. The number of amides is 1. The van der Waals surface area contributed by atoms with E-state index in [1.165, 1.54) is 43.5 Å². The van der Waals surface area contributed by atoms with Gasteiger partial charge in [0.2, 0.25) is 0 Å². The van der Waals surface area contributed by atoms with E-state index in [9.17, 15) is 19.7 Å². The number of carbonyl (C=O) groups excluding carboxylic acids is 2. The number of carbonyl (C=O) groups is 2. The van der Waals surface area contributed by atoms with Crippen molar-refractivity contribution in [3.63, 3.8) is 0 Å². The van der Waals surface area contributed by atoms with E-state index in [0.29, 0.717) is 5.02 Å². The van der Waals surface area contributed by atoms with Gasteiger partial charge in [0.05, 0.1) is 20.5 Å². The summed E-state index contributed by atoms with van der Waals surface area (Å²) in [7, 11) is 0. The Morgan fingerprint density at radius 2 is 2.04 bits per heavy atom. The summed E-state index contributed by atoms with van der Waals surface area (Å²) >= 11 is 11.6. The minimum absolute atomic E-state index is 0.0735. The lowest BCUT2D eigenvalue weighted by Crippen LogP contribution is -2.29. The van der Waals surface area contributed by atoms with E-state index in [1.807, 2.05) is 0 Å². The Bertz CT molecular complexity index is 917. The fraction of sp³-hybridized carbons (Fsp3) is 0.118. The fourth-order valence-electron chi connectivity index (χ4n) is 1.94. The van der Waals surface area contributed by atoms with Crippen molar-refractivity contribution in [1.82, 2.24) is 4.98 Å². The van der Waals surface area contributed by atoms with Crippen molar-refractivity contribution in [2.24, 2.45) is 0 Å². The van der Waals surface area contributed by atoms with Crippen LogP contribution in [-0.4, -0.2) is 27.9 Å². The smallest absolute Gasteiger partial charge is 0.331 e. The highest BCUT2D eigenvalue weighted by atomic mass is 35.5. The van der Waals surface area contributed by atoms with Crippen molar-refractivity contribution in [3.05, 3.63) is 68.3 Å². The lowest BCUT2D eigenvalue weighted by molar-refractivity contribution is -0.385. The van der Waals surface area contributed by atoms with Crippen molar-refractivity contribution in [3.8, 4) is 0 Å². The standard InChI is InChI=1S/C17H13Cl2N3O5/c1-10(17(24)21-16-13(19)8-12(18)9-20-16)27-15(23)7-6-11-4-2-3-5-14(11)22(25)26/h2-10H,1H3,(H,20,21,24)/b7-6+/t10-/m0/s1. The molecule has 1 aromatic carbocycles. The van der Waals surface area contributed by atoms with Gasteiger partial charge in [0.25, 0.3) is 11.6 Å². The second-order valence-corrected chi connectivity index (χ2v) is 6.05. The maximum absolute atomic E-state index is 12.1. The molecule has 1 atom stereocenters. The number of aromatic nitrogens is 1. The van der Waals surface area contributed by atoms with Crippen LogP contribution in [0.15, 0.2) is 42.6 Å². The van der Waals surface area contributed by atoms with Crippen LogP contribution >= 0.6 is 23.2 Å². The van der Waals surface area contributed by atoms with Crippen LogP contribution in [0.25, 0.3) is 6.08 Å². The van der Waals surface area contributed by atoms with Gasteiger partial charge in [-0.2, -0.15) is 0 Å². The number of hydrogen-bond donors (Lipinski definition) is 1. The van der Waals surface area contributed by atoms with Gasteiger partial charge in [-0.15, -0.1) is 0 Å². The highest BCUT2D eigenvalue weighted by molar-refractivity contribution is 6.36. The molecule has 0 aliphatic carbocycles. The minimum atomic E-state index is -1.15. The molecule has 140 valence electrons. The number of esters is 1. The van der Waals surface area contributed by atoms with Crippen molar-refractivity contribution in [1.29, 1.82) is 0 Å². The van der Waals surface area contributed by atoms with Crippen molar-refractivity contribution >= 4 is 52.7 Å². The van der Waals surface area contributed by atoms with Gasteiger partial charge >= 0.3 is 5.97 Å². The van der Waals surface area contributed by atoms with E-state index in [0.717, 1.165) is 6.08 Å². The Morgan fingerprint density at radius 1 is 1.33 bits per heavy atom. The molecule has 0 saturated carbocycles. The zero-order valence-electron chi connectivity index (χ0n) is 13.9. The molecule has 27 heavy (non-hydrogen) atoms. The largest absolute Gasteiger partial charge is 0.449 e. The molecule has 0 spiro atoms. The quantitative estimate of drug-likeness (QED) is 0.335. The number of para-hydroxylation sites is 1. The number of hydrogen-bond acceptors (Lipinski definition) is 6. The Balaban J connectivity index is 1.98. The van der Waals surface area contributed by atoms with Crippen molar-refractivity contribution in [2.75, 3.05) is 5.32 Å². The van der Waals surface area contributed by atoms with Crippen LogP contribution in [0, 0.1) is 10.1 Å². The third-order valence-corrected chi connectivity index (χ3v) is 3.74. The van der Waals surface area contributed by atoms with Gasteiger partial charge in [0.1, 0.15) is 0 Å². The maximum atomic E-state index is 12.1. The first-order valence-electron chi connectivity index (χ1n) is 7.52. The molecule has 1 N–H and O–H groups in total. The number of benzene rings is 1. The molecule has 0 bridgehead atoms. The van der Waals surface area contributed by atoms with Crippen LogP contribution in [0.2, 0.25) is 10.0 Å². The number of rotatable bonds is 6. The number of ether oxygens (including phenoxy) is 1. The third-order valence-electron chi connectivity index (χ3n) is 3.24. The molecular formula is C17H13Cl2N3O5. The van der Waals surface area contributed by atoms with Gasteiger partial charge in [0.15, 0.2) is 11.9 Å². The van der Waals surface area contributed by atoms with E-state index in [-0.39, 0.29) is 22.1 Å². The molecule has 2 rings (SSSR count). The zero-order valence-corrected chi connectivity index (χ0v) is 15.4. The molecule has 2 aromatic rings. The van der Waals surface area contributed by atoms with Crippen LogP contribution < -0.4 is 5.32 Å². The number of nitrogens with one attached hydrogen (secondary N) is 1. The number of halogens is 2. The number of nitro groups is 1. The summed E-state index contributed by atoms with van der Waals surface area (Å²) in [6, 6.07) is 7.29. The van der Waals surface area contributed by atoms with Crippen LogP contribution in [0.5, 0.6) is 0 Å². The van der Waals surface area contributed by atoms with Gasteiger partial charge in [-0.25, -0.2) is 9.78 Å². The summed E-state index contributed by atoms with van der Waals surface area (Å²) in [5, 5.41) is 13.8. The molecule has 0 saturated heterocycles. The maximum Gasteiger partial charge on any atom is 0.331 e. The average Bonchev–Trinajstić information content (AvgIpc) is 2.62. The normalized spacial score (nSPS) is 11.8. The van der Waals surface area contributed by atoms with E-state index in [2.05, 4.69) is 10.3 Å². The Morgan fingerprint density at radius 3 is 2.70 bits per heavy atom. The van der Waals surface area contributed by atoms with Crippen LogP contribution in [0.4, 0.5) is 11.5 Å². The second kappa shape index (κ2) is 9.11. The van der Waals surface area contributed by atoms with Gasteiger partial charge in [-0.1, -0.05) is 35.3 Å². The average molecular weight is 410 g/mol. The summed E-state index contributed by atoms with van der Waals surface area (Å²) in [5.41, 5.74) is 0.0736. The molecule has 0 radical (unpaired) electrons. The molecule has 10 heteroatoms. The lowest BCUT2D eigenvalue weighted by Gasteiger charge is -2.12. The second-order valence-electron chi connectivity index (χ2n) is 5.20. The molecule has 0 aliphatic rings. The first-order valence-corrected chi connectivity index (χ1v) is 8.27. The number of anilines is 1. The number of pyridine rings is 1. The highest BCUT2D eigenvalue weighted by Gasteiger charge is 2.19. The van der Waals surface area contributed by atoms with Gasteiger partial charge < -0.3 is 10.1 Å². The summed E-state index contributed by atoms with van der Waals surface area (Å²) < 4.78 is 4.97. The van der Waals surface area contributed by atoms with Crippen LogP contribution in [0.3, 0.4) is 0 Å². The summed E-state index contributed by atoms with van der Waals surface area (Å²) in [6.07, 6.45) is 2.39. The van der Waals surface area contributed by atoms with Crippen LogP contribution in [0.1, 0.15) is 12.5 Å². The predicted octanol–water partition coefficient (Wildman–Crippen LogP) is 3.88. The monoisotopic (exact) mass is 409 g/mol. The summed E-state index contributed by atoms with van der Waals surface area (Å²) in [5.74, 6) is -1.42. The van der Waals surface area contributed by atoms with E-state index in [1.54, 1.807) is 6.07 Å². The van der Waals surface area contributed by atoms with Crippen molar-refractivity contribution in [2.45, 2.75) is 13.0 Å². The molecule has 0 fully saturated rings. The molecule has 1 amide bonds. The van der Waals surface area contributed by atoms with E-state index in [4.69, 9.17) is 27.9 Å². The molecule has 0 aliphatic heterocycles. The van der Waals surface area contributed by atoms with Crippen LogP contribution in [-0.2, 0) is 14.3 Å². The van der Waals surface area contributed by atoms with Gasteiger partial charge in [0, 0.05) is 18.3 Å². The summed E-state index contributed by atoms with van der Waals surface area (Å²) in [6.45, 7) is 1.36. The molecular weight excluding hydrogens is 397 g/mol. The highest BCUT2D eigenvalue weighted by Crippen LogP contribution is 2.23. The Labute approximate surface area is 163 Å². The topological polar surface area (TPSA) is 111 Å². The molecule has 0 unspecified atom stereocenters. The molecule has 1 aromatic heterocycles. The Hall–Kier alpha value is -2.97. The van der Waals surface area contributed by atoms with E-state index < -0.39 is 22.9 Å². The van der Waals surface area contributed by atoms with E-state index >= 15 is 0 Å². The summed E-state index contributed by atoms with van der Waals surface area (Å²) in [4.78, 5) is 38.2. The van der Waals surface area contributed by atoms with Gasteiger partial charge in [-0.05, 0) is 25.1 Å². The predicted molar refractivity (Wildman–Crippen MR) is 101 cm³/mol. The number of nitrogens with zero attached hydrogens (tertiary/aromatic N) is 2.